The van der Waals surface area contributed by atoms with Gasteiger partial charge in [0.2, 0.25) is 10.0 Å². The summed E-state index contributed by atoms with van der Waals surface area (Å²) < 4.78 is 32.3. The molecule has 0 aromatic heterocycles. The average molecular weight is 388 g/mol. The van der Waals surface area contributed by atoms with E-state index in [4.69, 9.17) is 27.9 Å². The summed E-state index contributed by atoms with van der Waals surface area (Å²) in [4.78, 5) is -0.0506. The number of nitrogens with one attached hydrogen (secondary N) is 1. The molecule has 7 heteroatoms. The van der Waals surface area contributed by atoms with E-state index in [1.165, 1.54) is 30.4 Å². The zero-order valence-electron chi connectivity index (χ0n) is 13.5. The fourth-order valence-corrected chi connectivity index (χ4v) is 4.12. The molecule has 0 fully saturated rings. The van der Waals surface area contributed by atoms with Crippen molar-refractivity contribution < 1.29 is 13.2 Å². The van der Waals surface area contributed by atoms with E-state index in [2.05, 4.69) is 4.72 Å². The molecular weight excluding hydrogens is 369 g/mol. The van der Waals surface area contributed by atoms with Gasteiger partial charge in [0.1, 0.15) is 15.7 Å². The zero-order valence-corrected chi connectivity index (χ0v) is 15.8. The molecule has 2 aromatic rings. The van der Waals surface area contributed by atoms with Gasteiger partial charge in [0.05, 0.1) is 12.1 Å². The molecule has 0 amide bonds. The lowest BCUT2D eigenvalue weighted by atomic mass is 10.1. The van der Waals surface area contributed by atoms with Gasteiger partial charge in [-0.05, 0) is 37.5 Å². The second-order valence-corrected chi connectivity index (χ2v) is 7.87. The first-order valence-corrected chi connectivity index (χ1v) is 9.66. The number of aryl methyl sites for hydroxylation is 2. The van der Waals surface area contributed by atoms with E-state index < -0.39 is 10.0 Å². The van der Waals surface area contributed by atoms with Crippen LogP contribution in [0.15, 0.2) is 41.3 Å². The van der Waals surface area contributed by atoms with E-state index in [1.807, 2.05) is 31.2 Å². The van der Waals surface area contributed by atoms with Gasteiger partial charge in [-0.2, -0.15) is 0 Å². The average Bonchev–Trinajstić information content (AvgIpc) is 2.55. The minimum Gasteiger partial charge on any atom is -0.495 e. The van der Waals surface area contributed by atoms with Crippen molar-refractivity contribution in [2.75, 3.05) is 13.7 Å². The molecule has 0 saturated carbocycles. The number of hydrogen-bond acceptors (Lipinski definition) is 3. The van der Waals surface area contributed by atoms with Gasteiger partial charge in [-0.25, -0.2) is 13.1 Å². The molecule has 0 aliphatic heterocycles. The Balaban J connectivity index is 1.99. The molecule has 24 heavy (non-hydrogen) atoms. The SMILES string of the molecule is COc1ccc(S(=O)(=O)NCCCc2ccc(C)cc2)c(Cl)c1Cl. The van der Waals surface area contributed by atoms with E-state index in [0.717, 1.165) is 6.42 Å². The number of sulfonamides is 1. The maximum absolute atomic E-state index is 12.4. The molecule has 0 unspecified atom stereocenters. The van der Waals surface area contributed by atoms with Crippen LogP contribution in [0.3, 0.4) is 0 Å². The van der Waals surface area contributed by atoms with Gasteiger partial charge in [0, 0.05) is 6.54 Å². The van der Waals surface area contributed by atoms with Crippen molar-refractivity contribution in [3.63, 3.8) is 0 Å². The van der Waals surface area contributed by atoms with Gasteiger partial charge >= 0.3 is 0 Å². The van der Waals surface area contributed by atoms with Crippen molar-refractivity contribution in [3.05, 3.63) is 57.6 Å². The van der Waals surface area contributed by atoms with Crippen LogP contribution in [0.5, 0.6) is 5.75 Å². The highest BCUT2D eigenvalue weighted by Crippen LogP contribution is 2.36. The predicted octanol–water partition coefficient (Wildman–Crippen LogP) is 4.22. The Morgan fingerprint density at radius 3 is 2.33 bits per heavy atom. The molecule has 0 spiro atoms. The highest BCUT2D eigenvalue weighted by molar-refractivity contribution is 7.89. The largest absolute Gasteiger partial charge is 0.495 e. The molecule has 4 nitrogen and oxygen atoms in total. The number of hydrogen-bond donors (Lipinski definition) is 1. The van der Waals surface area contributed by atoms with Gasteiger partial charge < -0.3 is 4.74 Å². The Labute approximate surface area is 152 Å². The summed E-state index contributed by atoms with van der Waals surface area (Å²) in [7, 11) is -2.28. The summed E-state index contributed by atoms with van der Waals surface area (Å²) in [6.07, 6.45) is 1.48. The van der Waals surface area contributed by atoms with E-state index in [9.17, 15) is 8.42 Å². The van der Waals surface area contributed by atoms with Gasteiger partial charge in [-0.15, -0.1) is 0 Å². The quantitative estimate of drug-likeness (QED) is 0.723. The molecule has 2 aromatic carbocycles. The van der Waals surface area contributed by atoms with Crippen molar-refractivity contribution in [2.45, 2.75) is 24.7 Å². The number of methoxy groups -OCH3 is 1. The van der Waals surface area contributed by atoms with Crippen LogP contribution >= 0.6 is 23.2 Å². The third kappa shape index (κ3) is 4.63. The summed E-state index contributed by atoms with van der Waals surface area (Å²) in [6, 6.07) is 11.0. The molecule has 2 rings (SSSR count). The van der Waals surface area contributed by atoms with Crippen molar-refractivity contribution >= 4 is 33.2 Å². The molecule has 0 atom stereocenters. The first-order chi connectivity index (χ1) is 11.3. The van der Waals surface area contributed by atoms with Crippen molar-refractivity contribution in [2.24, 2.45) is 0 Å². The molecule has 0 heterocycles. The van der Waals surface area contributed by atoms with Crippen LogP contribution in [0.25, 0.3) is 0 Å². The molecule has 130 valence electrons. The van der Waals surface area contributed by atoms with Crippen LogP contribution in [-0.2, 0) is 16.4 Å². The Morgan fingerprint density at radius 1 is 1.04 bits per heavy atom. The van der Waals surface area contributed by atoms with Crippen molar-refractivity contribution in [1.82, 2.24) is 4.72 Å². The second kappa shape index (κ2) is 8.21. The lowest BCUT2D eigenvalue weighted by Gasteiger charge is -2.11. The standard InChI is InChI=1S/C17H19Cl2NO3S/c1-12-5-7-13(8-6-12)4-3-11-20-24(21,22)15-10-9-14(23-2)16(18)17(15)19/h5-10,20H,3-4,11H2,1-2H3. The topological polar surface area (TPSA) is 55.4 Å². The van der Waals surface area contributed by atoms with Gasteiger partial charge in [0.15, 0.2) is 0 Å². The lowest BCUT2D eigenvalue weighted by Crippen LogP contribution is -2.25. The summed E-state index contributed by atoms with van der Waals surface area (Å²) >= 11 is 12.1. The monoisotopic (exact) mass is 387 g/mol. The normalized spacial score (nSPS) is 11.5. The van der Waals surface area contributed by atoms with Crippen LogP contribution in [0.1, 0.15) is 17.5 Å². The predicted molar refractivity (Wildman–Crippen MR) is 97.7 cm³/mol. The van der Waals surface area contributed by atoms with Crippen molar-refractivity contribution in [3.8, 4) is 5.75 Å². The molecule has 0 aliphatic rings. The highest BCUT2D eigenvalue weighted by atomic mass is 35.5. The smallest absolute Gasteiger partial charge is 0.242 e. The molecule has 0 radical (unpaired) electrons. The fourth-order valence-electron chi connectivity index (χ4n) is 2.21. The highest BCUT2D eigenvalue weighted by Gasteiger charge is 2.21. The minimum atomic E-state index is -3.72. The summed E-state index contributed by atoms with van der Waals surface area (Å²) in [5.74, 6) is 0.333. The minimum absolute atomic E-state index is 0.0398. The lowest BCUT2D eigenvalue weighted by molar-refractivity contribution is 0.414. The summed E-state index contributed by atoms with van der Waals surface area (Å²) in [6.45, 7) is 2.35. The maximum Gasteiger partial charge on any atom is 0.242 e. The van der Waals surface area contributed by atoms with Crippen LogP contribution in [-0.4, -0.2) is 22.1 Å². The van der Waals surface area contributed by atoms with Gasteiger partial charge in [-0.3, -0.25) is 0 Å². The van der Waals surface area contributed by atoms with Crippen LogP contribution < -0.4 is 9.46 Å². The molecule has 0 bridgehead atoms. The molecule has 0 saturated heterocycles. The molecular formula is C17H19Cl2NO3S. The third-order valence-electron chi connectivity index (χ3n) is 3.58. The first-order valence-electron chi connectivity index (χ1n) is 7.42. The number of halogens is 2. The summed E-state index contributed by atoms with van der Waals surface area (Å²) in [5, 5.41) is 0.0451. The van der Waals surface area contributed by atoms with E-state index in [-0.39, 0.29) is 14.9 Å². The number of rotatable bonds is 7. The number of benzene rings is 2. The van der Waals surface area contributed by atoms with E-state index >= 15 is 0 Å². The maximum atomic E-state index is 12.4. The zero-order chi connectivity index (χ0) is 17.7. The van der Waals surface area contributed by atoms with Crippen LogP contribution in [0, 0.1) is 6.92 Å². The van der Waals surface area contributed by atoms with Crippen LogP contribution in [0.2, 0.25) is 10.0 Å². The van der Waals surface area contributed by atoms with Crippen LogP contribution in [0.4, 0.5) is 0 Å². The first kappa shape index (κ1) is 19.1. The fraction of sp³-hybridized carbons (Fsp3) is 0.294. The second-order valence-electron chi connectivity index (χ2n) is 5.38. The number of ether oxygens (including phenoxy) is 1. The van der Waals surface area contributed by atoms with E-state index in [1.54, 1.807) is 0 Å². The Bertz CT molecular complexity index is 805. The Kier molecular flexibility index (Phi) is 6.52. The summed E-state index contributed by atoms with van der Waals surface area (Å²) in [5.41, 5.74) is 2.37. The third-order valence-corrected chi connectivity index (χ3v) is 6.06. The van der Waals surface area contributed by atoms with E-state index in [0.29, 0.717) is 18.7 Å². The van der Waals surface area contributed by atoms with Gasteiger partial charge in [-0.1, -0.05) is 53.0 Å². The van der Waals surface area contributed by atoms with Gasteiger partial charge in [0.25, 0.3) is 0 Å². The van der Waals surface area contributed by atoms with Crippen molar-refractivity contribution in [1.29, 1.82) is 0 Å². The Morgan fingerprint density at radius 2 is 1.71 bits per heavy atom. The Hall–Kier alpha value is -1.27. The molecule has 0 aliphatic carbocycles. The molecule has 1 N–H and O–H groups in total.